The maximum Gasteiger partial charge on any atom is 0.410 e. The Hall–Kier alpha value is -1.26. The van der Waals surface area contributed by atoms with Crippen LogP contribution in [0.1, 0.15) is 66.2 Å². The number of rotatable bonds is 6. The lowest BCUT2D eigenvalue weighted by molar-refractivity contribution is -0.138. The molecule has 2 amide bonds. The standard InChI is InChI=1S/C23H43N5O3.HI/c1-7-24-20(26-17-23(12-8-9-13-23)19(29)27(5)6)25-16-18-10-14-28(15-11-18)21(30)31-22(2,3)4;/h18H,7-17H2,1-6H3,(H2,24,25,26);1H. The molecule has 1 saturated carbocycles. The van der Waals surface area contributed by atoms with Crippen LogP contribution in [0.5, 0.6) is 0 Å². The Morgan fingerprint density at radius 1 is 1.12 bits per heavy atom. The number of halogens is 1. The quantitative estimate of drug-likeness (QED) is 0.293. The van der Waals surface area contributed by atoms with Crippen molar-refractivity contribution in [2.75, 3.05) is 46.8 Å². The van der Waals surface area contributed by atoms with Crippen LogP contribution in [-0.4, -0.2) is 80.2 Å². The number of amides is 2. The number of aliphatic imine (C=N–C) groups is 1. The van der Waals surface area contributed by atoms with Gasteiger partial charge in [0, 0.05) is 40.3 Å². The molecule has 8 nitrogen and oxygen atoms in total. The summed E-state index contributed by atoms with van der Waals surface area (Å²) in [7, 11) is 3.67. The summed E-state index contributed by atoms with van der Waals surface area (Å²) in [6.07, 6.45) is 5.67. The van der Waals surface area contributed by atoms with E-state index in [0.717, 1.165) is 70.7 Å². The lowest BCUT2D eigenvalue weighted by Gasteiger charge is -2.33. The van der Waals surface area contributed by atoms with Gasteiger partial charge in [0.2, 0.25) is 5.91 Å². The predicted octanol–water partition coefficient (Wildman–Crippen LogP) is 3.46. The number of hydrogen-bond acceptors (Lipinski definition) is 4. The van der Waals surface area contributed by atoms with Crippen LogP contribution in [-0.2, 0) is 9.53 Å². The molecule has 0 spiro atoms. The van der Waals surface area contributed by atoms with Crippen molar-refractivity contribution in [3.05, 3.63) is 0 Å². The molecule has 1 heterocycles. The van der Waals surface area contributed by atoms with Crippen molar-refractivity contribution in [2.45, 2.75) is 71.8 Å². The van der Waals surface area contributed by atoms with E-state index in [0.29, 0.717) is 12.5 Å². The van der Waals surface area contributed by atoms with Crippen molar-refractivity contribution in [3.8, 4) is 0 Å². The fraction of sp³-hybridized carbons (Fsp3) is 0.870. The van der Waals surface area contributed by atoms with Crippen LogP contribution in [0.4, 0.5) is 4.79 Å². The Bertz CT molecular complexity index is 634. The molecule has 0 atom stereocenters. The fourth-order valence-electron chi connectivity index (χ4n) is 4.43. The molecule has 2 N–H and O–H groups in total. The first kappa shape index (κ1) is 28.8. The van der Waals surface area contributed by atoms with Gasteiger partial charge in [0.05, 0.1) is 12.0 Å². The van der Waals surface area contributed by atoms with E-state index in [1.165, 1.54) is 0 Å². The highest BCUT2D eigenvalue weighted by Crippen LogP contribution is 2.39. The number of guanidine groups is 1. The van der Waals surface area contributed by atoms with Crippen molar-refractivity contribution in [1.82, 2.24) is 20.4 Å². The molecule has 1 aliphatic heterocycles. The number of ether oxygens (including phenoxy) is 1. The summed E-state index contributed by atoms with van der Waals surface area (Å²) in [5, 5.41) is 6.78. The van der Waals surface area contributed by atoms with Crippen molar-refractivity contribution >= 4 is 41.9 Å². The summed E-state index contributed by atoms with van der Waals surface area (Å²) in [6.45, 7) is 11.3. The number of likely N-dealkylation sites (tertiary alicyclic amines) is 1. The van der Waals surface area contributed by atoms with Gasteiger partial charge in [0.1, 0.15) is 5.60 Å². The van der Waals surface area contributed by atoms with Crippen molar-refractivity contribution in [2.24, 2.45) is 16.3 Å². The topological polar surface area (TPSA) is 86.3 Å². The van der Waals surface area contributed by atoms with E-state index in [1.54, 1.807) is 9.80 Å². The molecule has 0 unspecified atom stereocenters. The number of nitrogens with zero attached hydrogens (tertiary/aromatic N) is 3. The van der Waals surface area contributed by atoms with Gasteiger partial charge in [-0.1, -0.05) is 12.8 Å². The van der Waals surface area contributed by atoms with E-state index in [1.807, 2.05) is 41.8 Å². The van der Waals surface area contributed by atoms with Crippen LogP contribution in [0.15, 0.2) is 4.99 Å². The van der Waals surface area contributed by atoms with Crippen LogP contribution in [0, 0.1) is 11.3 Å². The summed E-state index contributed by atoms with van der Waals surface area (Å²) < 4.78 is 5.48. The third-order valence-corrected chi connectivity index (χ3v) is 6.13. The van der Waals surface area contributed by atoms with Crippen LogP contribution in [0.25, 0.3) is 0 Å². The highest BCUT2D eigenvalue weighted by Gasteiger charge is 2.42. The summed E-state index contributed by atoms with van der Waals surface area (Å²) in [5.74, 6) is 1.44. The van der Waals surface area contributed by atoms with E-state index >= 15 is 0 Å². The van der Waals surface area contributed by atoms with Crippen LogP contribution in [0.2, 0.25) is 0 Å². The fourth-order valence-corrected chi connectivity index (χ4v) is 4.43. The number of nitrogens with one attached hydrogen (secondary N) is 2. The summed E-state index contributed by atoms with van der Waals surface area (Å²) >= 11 is 0. The van der Waals surface area contributed by atoms with Crippen LogP contribution < -0.4 is 10.6 Å². The van der Waals surface area contributed by atoms with Gasteiger partial charge in [0.15, 0.2) is 5.96 Å². The molecule has 0 radical (unpaired) electrons. The van der Waals surface area contributed by atoms with Gasteiger partial charge in [-0.05, 0) is 59.3 Å². The van der Waals surface area contributed by atoms with E-state index in [4.69, 9.17) is 9.73 Å². The average molecular weight is 566 g/mol. The number of hydrogen-bond donors (Lipinski definition) is 2. The highest BCUT2D eigenvalue weighted by atomic mass is 127. The van der Waals surface area contributed by atoms with Crippen molar-refractivity contribution < 1.29 is 14.3 Å². The van der Waals surface area contributed by atoms with Gasteiger partial charge in [-0.3, -0.25) is 9.79 Å². The van der Waals surface area contributed by atoms with Gasteiger partial charge in [-0.25, -0.2) is 4.79 Å². The molecule has 2 aliphatic rings. The highest BCUT2D eigenvalue weighted by molar-refractivity contribution is 14.0. The zero-order valence-corrected chi connectivity index (χ0v) is 23.2. The van der Waals surface area contributed by atoms with Gasteiger partial charge in [-0.15, -0.1) is 24.0 Å². The Labute approximate surface area is 211 Å². The SMILES string of the molecule is CCNC(=NCC1(C(=O)N(C)C)CCCC1)NCC1CCN(C(=O)OC(C)(C)C)CC1.I. The number of piperidine rings is 1. The molecule has 1 aliphatic carbocycles. The zero-order valence-electron chi connectivity index (χ0n) is 20.8. The molecule has 2 rings (SSSR count). The third-order valence-electron chi connectivity index (χ3n) is 6.13. The van der Waals surface area contributed by atoms with E-state index in [9.17, 15) is 9.59 Å². The first-order valence-corrected chi connectivity index (χ1v) is 11.8. The second kappa shape index (κ2) is 12.8. The van der Waals surface area contributed by atoms with Gasteiger partial charge >= 0.3 is 6.09 Å². The second-order valence-corrected chi connectivity index (χ2v) is 10.2. The third kappa shape index (κ3) is 8.59. The number of carbonyl (C=O) groups is 2. The summed E-state index contributed by atoms with van der Waals surface area (Å²) in [5.41, 5.74) is -0.818. The number of carbonyl (C=O) groups excluding carboxylic acids is 2. The average Bonchev–Trinajstić information content (AvgIpc) is 3.18. The van der Waals surface area contributed by atoms with E-state index < -0.39 is 5.60 Å². The molecule has 9 heteroatoms. The molecule has 0 aromatic heterocycles. The molecular formula is C23H44IN5O3. The first-order chi connectivity index (χ1) is 14.6. The normalized spacial score (nSPS) is 19.2. The van der Waals surface area contributed by atoms with Crippen LogP contribution >= 0.6 is 24.0 Å². The van der Waals surface area contributed by atoms with E-state index in [2.05, 4.69) is 10.6 Å². The van der Waals surface area contributed by atoms with Crippen LogP contribution in [0.3, 0.4) is 0 Å². The predicted molar refractivity (Wildman–Crippen MR) is 140 cm³/mol. The molecular weight excluding hydrogens is 521 g/mol. The first-order valence-electron chi connectivity index (χ1n) is 11.8. The largest absolute Gasteiger partial charge is 0.444 e. The molecule has 1 saturated heterocycles. The maximum absolute atomic E-state index is 12.8. The lowest BCUT2D eigenvalue weighted by Crippen LogP contribution is -2.46. The smallest absolute Gasteiger partial charge is 0.410 e. The summed E-state index contributed by atoms with van der Waals surface area (Å²) in [6, 6.07) is 0. The van der Waals surface area contributed by atoms with Crippen molar-refractivity contribution in [1.29, 1.82) is 0 Å². The zero-order chi connectivity index (χ0) is 23.1. The second-order valence-electron chi connectivity index (χ2n) is 10.2. The Morgan fingerprint density at radius 3 is 2.22 bits per heavy atom. The van der Waals surface area contributed by atoms with E-state index in [-0.39, 0.29) is 41.4 Å². The molecule has 0 bridgehead atoms. The monoisotopic (exact) mass is 565 g/mol. The van der Waals surface area contributed by atoms with Crippen molar-refractivity contribution in [3.63, 3.8) is 0 Å². The lowest BCUT2D eigenvalue weighted by atomic mass is 9.85. The minimum atomic E-state index is -0.461. The Kier molecular flexibility index (Phi) is 11.5. The molecule has 186 valence electrons. The van der Waals surface area contributed by atoms with Gasteiger partial charge < -0.3 is 25.2 Å². The van der Waals surface area contributed by atoms with Gasteiger partial charge in [0.25, 0.3) is 0 Å². The molecule has 2 fully saturated rings. The molecule has 0 aromatic carbocycles. The maximum atomic E-state index is 12.8. The van der Waals surface area contributed by atoms with Gasteiger partial charge in [-0.2, -0.15) is 0 Å². The molecule has 0 aromatic rings. The molecule has 32 heavy (non-hydrogen) atoms. The minimum Gasteiger partial charge on any atom is -0.444 e. The Balaban J connectivity index is 0.00000512. The Morgan fingerprint density at radius 2 is 1.72 bits per heavy atom. The minimum absolute atomic E-state index is 0. The summed E-state index contributed by atoms with van der Waals surface area (Å²) in [4.78, 5) is 33.3.